The number of hydrogen-bond donors (Lipinski definition) is 2. The molecular weight excluding hydrogens is 414 g/mol. The first-order chi connectivity index (χ1) is 9.38. The van der Waals surface area contributed by atoms with Crippen LogP contribution in [0, 0.1) is 5.82 Å². The summed E-state index contributed by atoms with van der Waals surface area (Å²) < 4.78 is 14.2. The van der Waals surface area contributed by atoms with E-state index < -0.39 is 11.7 Å². The number of carbonyl (C=O) groups excluding carboxylic acids is 1. The molecule has 2 aromatic carbocycles. The lowest BCUT2D eigenvalue weighted by Gasteiger charge is -2.10. The topological polar surface area (TPSA) is 55.1 Å². The molecule has 0 fully saturated rings. The van der Waals surface area contributed by atoms with Crippen molar-refractivity contribution in [2.45, 2.75) is 0 Å². The smallest absolute Gasteiger partial charge is 0.256 e. The number of rotatable bonds is 2. The molecule has 20 heavy (non-hydrogen) atoms. The minimum atomic E-state index is -0.582. The van der Waals surface area contributed by atoms with Gasteiger partial charge in [-0.2, -0.15) is 0 Å². The molecule has 0 heterocycles. The van der Waals surface area contributed by atoms with Crippen LogP contribution < -0.4 is 11.1 Å². The minimum absolute atomic E-state index is 0.0893. The summed E-state index contributed by atoms with van der Waals surface area (Å²) in [4.78, 5) is 12.2. The van der Waals surface area contributed by atoms with Gasteiger partial charge >= 0.3 is 0 Å². The summed E-state index contributed by atoms with van der Waals surface area (Å²) in [5.41, 5.74) is 6.17. The Morgan fingerprint density at radius 1 is 1.20 bits per heavy atom. The van der Waals surface area contributed by atoms with Crippen LogP contribution in [0.4, 0.5) is 15.8 Å². The molecule has 0 saturated heterocycles. The zero-order valence-electron chi connectivity index (χ0n) is 9.88. The van der Waals surface area contributed by atoms with Crippen LogP contribution in [0.25, 0.3) is 0 Å². The number of carbonyl (C=O) groups is 1. The maximum absolute atomic E-state index is 13.2. The van der Waals surface area contributed by atoms with Gasteiger partial charge in [-0.15, -0.1) is 0 Å². The summed E-state index contributed by atoms with van der Waals surface area (Å²) >= 11 is 12.3. The third-order valence-corrected chi connectivity index (χ3v) is 4.06. The molecule has 0 aliphatic rings. The van der Waals surface area contributed by atoms with Gasteiger partial charge in [0, 0.05) is 14.0 Å². The van der Waals surface area contributed by atoms with Gasteiger partial charge < -0.3 is 11.1 Å². The molecule has 104 valence electrons. The second-order valence-corrected chi connectivity index (χ2v) is 6.08. The van der Waals surface area contributed by atoms with Crippen molar-refractivity contribution in [1.29, 1.82) is 0 Å². The van der Waals surface area contributed by atoms with Gasteiger partial charge in [0.05, 0.1) is 16.9 Å². The Morgan fingerprint density at radius 2 is 1.90 bits per heavy atom. The van der Waals surface area contributed by atoms with Crippen LogP contribution >= 0.6 is 43.5 Å². The summed E-state index contributed by atoms with van der Waals surface area (Å²) in [5.74, 6) is -0.993. The van der Waals surface area contributed by atoms with Gasteiger partial charge in [-0.25, -0.2) is 4.39 Å². The van der Waals surface area contributed by atoms with Crippen LogP contribution in [0.3, 0.4) is 0 Å². The van der Waals surface area contributed by atoms with Crippen molar-refractivity contribution in [1.82, 2.24) is 0 Å². The number of nitrogen functional groups attached to an aromatic ring is 1. The van der Waals surface area contributed by atoms with Crippen LogP contribution in [0.1, 0.15) is 10.4 Å². The molecule has 0 aliphatic carbocycles. The molecule has 0 saturated carbocycles. The first-order valence-corrected chi connectivity index (χ1v) is 7.36. The largest absolute Gasteiger partial charge is 0.396 e. The van der Waals surface area contributed by atoms with E-state index in [1.54, 1.807) is 18.2 Å². The maximum Gasteiger partial charge on any atom is 0.256 e. The lowest BCUT2D eigenvalue weighted by atomic mass is 10.1. The fourth-order valence-electron chi connectivity index (χ4n) is 1.52. The lowest BCUT2D eigenvalue weighted by molar-refractivity contribution is 0.102. The maximum atomic E-state index is 13.2. The second-order valence-electron chi connectivity index (χ2n) is 3.93. The van der Waals surface area contributed by atoms with E-state index in [1.807, 2.05) is 0 Å². The average Bonchev–Trinajstić information content (AvgIpc) is 2.37. The van der Waals surface area contributed by atoms with E-state index in [0.29, 0.717) is 19.7 Å². The highest BCUT2D eigenvalue weighted by molar-refractivity contribution is 9.11. The van der Waals surface area contributed by atoms with E-state index in [1.165, 1.54) is 6.07 Å². The van der Waals surface area contributed by atoms with Crippen LogP contribution in [-0.2, 0) is 0 Å². The number of hydrogen-bond acceptors (Lipinski definition) is 2. The number of benzene rings is 2. The quantitative estimate of drug-likeness (QED) is 0.681. The number of halogens is 4. The molecule has 7 heteroatoms. The third-order valence-electron chi connectivity index (χ3n) is 2.51. The summed E-state index contributed by atoms with van der Waals surface area (Å²) in [7, 11) is 0. The Hall–Kier alpha value is -1.11. The first kappa shape index (κ1) is 15.3. The zero-order chi connectivity index (χ0) is 14.9. The van der Waals surface area contributed by atoms with E-state index in [2.05, 4.69) is 37.2 Å². The van der Waals surface area contributed by atoms with E-state index in [9.17, 15) is 9.18 Å². The molecule has 1 amide bonds. The molecule has 2 rings (SSSR count). The molecule has 3 N–H and O–H groups in total. The van der Waals surface area contributed by atoms with Crippen molar-refractivity contribution < 1.29 is 9.18 Å². The van der Waals surface area contributed by atoms with Gasteiger partial charge in [0.25, 0.3) is 5.91 Å². The molecule has 0 aromatic heterocycles. The van der Waals surface area contributed by atoms with Crippen LogP contribution in [0.2, 0.25) is 5.02 Å². The van der Waals surface area contributed by atoms with E-state index in [0.717, 1.165) is 6.07 Å². The van der Waals surface area contributed by atoms with Crippen LogP contribution in [-0.4, -0.2) is 5.91 Å². The normalized spacial score (nSPS) is 10.4. The Labute approximate surface area is 136 Å². The van der Waals surface area contributed by atoms with Crippen molar-refractivity contribution in [3.8, 4) is 0 Å². The van der Waals surface area contributed by atoms with Crippen molar-refractivity contribution in [2.75, 3.05) is 11.1 Å². The summed E-state index contributed by atoms with van der Waals surface area (Å²) in [6.07, 6.45) is 0. The Balaban J connectivity index is 2.31. The highest BCUT2D eigenvalue weighted by Crippen LogP contribution is 2.28. The molecular formula is C13H8Br2ClFN2O. The third kappa shape index (κ3) is 3.31. The predicted molar refractivity (Wildman–Crippen MR) is 85.6 cm³/mol. The molecule has 2 aromatic rings. The Kier molecular flexibility index (Phi) is 4.67. The molecule has 0 atom stereocenters. The van der Waals surface area contributed by atoms with Gasteiger partial charge in [-0.3, -0.25) is 4.79 Å². The fraction of sp³-hybridized carbons (Fsp3) is 0. The van der Waals surface area contributed by atoms with Crippen molar-refractivity contribution in [3.63, 3.8) is 0 Å². The Bertz CT molecular complexity index is 694. The number of nitrogens with one attached hydrogen (secondary N) is 1. The average molecular weight is 422 g/mol. The highest BCUT2D eigenvalue weighted by Gasteiger charge is 2.14. The number of nitrogens with two attached hydrogens (primary N) is 1. The predicted octanol–water partition coefficient (Wildman–Crippen LogP) is 4.84. The van der Waals surface area contributed by atoms with Crippen LogP contribution in [0.15, 0.2) is 39.3 Å². The SMILES string of the molecule is Nc1cc(C(=O)Nc2ccc(Cl)cc2Br)c(Br)cc1F. The molecule has 0 bridgehead atoms. The van der Waals surface area contributed by atoms with Crippen molar-refractivity contribution in [3.05, 3.63) is 55.7 Å². The monoisotopic (exact) mass is 420 g/mol. The van der Waals surface area contributed by atoms with Gasteiger partial charge in [0.1, 0.15) is 5.82 Å². The minimum Gasteiger partial charge on any atom is -0.396 e. The fourth-order valence-corrected chi connectivity index (χ4v) is 2.80. The summed E-state index contributed by atoms with van der Waals surface area (Å²) in [6, 6.07) is 7.39. The molecule has 0 spiro atoms. The number of amides is 1. The molecule has 0 unspecified atom stereocenters. The second kappa shape index (κ2) is 6.11. The summed E-state index contributed by atoms with van der Waals surface area (Å²) in [6.45, 7) is 0. The zero-order valence-corrected chi connectivity index (χ0v) is 13.8. The standard InChI is InChI=1S/C13H8Br2ClFN2O/c14-8-5-10(17)11(18)4-7(8)13(20)19-12-2-1-6(16)3-9(12)15/h1-5H,18H2,(H,19,20). The van der Waals surface area contributed by atoms with E-state index >= 15 is 0 Å². The lowest BCUT2D eigenvalue weighted by Crippen LogP contribution is -2.13. The highest BCUT2D eigenvalue weighted by atomic mass is 79.9. The van der Waals surface area contributed by atoms with Gasteiger partial charge in [0.2, 0.25) is 0 Å². The molecule has 3 nitrogen and oxygen atoms in total. The van der Waals surface area contributed by atoms with E-state index in [4.69, 9.17) is 17.3 Å². The van der Waals surface area contributed by atoms with Crippen molar-refractivity contribution >= 4 is 60.7 Å². The summed E-state index contributed by atoms with van der Waals surface area (Å²) in [5, 5.41) is 3.23. The van der Waals surface area contributed by atoms with Gasteiger partial charge in [-0.05, 0) is 62.2 Å². The molecule has 0 aliphatic heterocycles. The van der Waals surface area contributed by atoms with Gasteiger partial charge in [-0.1, -0.05) is 11.6 Å². The van der Waals surface area contributed by atoms with Crippen LogP contribution in [0.5, 0.6) is 0 Å². The number of anilines is 2. The van der Waals surface area contributed by atoms with Gasteiger partial charge in [0.15, 0.2) is 0 Å². The van der Waals surface area contributed by atoms with Crippen molar-refractivity contribution in [2.24, 2.45) is 0 Å². The molecule has 0 radical (unpaired) electrons. The van der Waals surface area contributed by atoms with E-state index in [-0.39, 0.29) is 11.3 Å². The first-order valence-electron chi connectivity index (χ1n) is 5.39. The Morgan fingerprint density at radius 3 is 2.55 bits per heavy atom.